The SMILES string of the molecule is COC(=O)C(NCc1cc([N+](=O)[O-])c(F)cc1F)C(C)C. The van der Waals surface area contributed by atoms with Crippen LogP contribution in [-0.4, -0.2) is 24.0 Å². The Labute approximate surface area is 120 Å². The van der Waals surface area contributed by atoms with Gasteiger partial charge in [0, 0.05) is 24.2 Å². The minimum atomic E-state index is -1.24. The molecular weight excluding hydrogens is 286 g/mol. The van der Waals surface area contributed by atoms with Gasteiger partial charge in [-0.25, -0.2) is 4.39 Å². The Morgan fingerprint density at radius 2 is 2.00 bits per heavy atom. The highest BCUT2D eigenvalue weighted by Gasteiger charge is 2.24. The molecule has 1 aromatic rings. The predicted molar refractivity (Wildman–Crippen MR) is 70.5 cm³/mol. The first-order valence-corrected chi connectivity index (χ1v) is 6.21. The Hall–Kier alpha value is -2.09. The lowest BCUT2D eigenvalue weighted by atomic mass is 10.0. The molecule has 1 N–H and O–H groups in total. The highest BCUT2D eigenvalue weighted by atomic mass is 19.1. The van der Waals surface area contributed by atoms with Gasteiger partial charge < -0.3 is 4.74 Å². The molecule has 0 amide bonds. The number of nitrogens with one attached hydrogen (secondary N) is 1. The maximum absolute atomic E-state index is 13.6. The number of carbonyl (C=O) groups excluding carboxylic acids is 1. The van der Waals surface area contributed by atoms with Gasteiger partial charge in [0.2, 0.25) is 5.82 Å². The summed E-state index contributed by atoms with van der Waals surface area (Å²) in [7, 11) is 1.22. The zero-order valence-electron chi connectivity index (χ0n) is 11.9. The van der Waals surface area contributed by atoms with Crippen LogP contribution >= 0.6 is 0 Å². The third-order valence-corrected chi connectivity index (χ3v) is 2.95. The van der Waals surface area contributed by atoms with Crippen molar-refractivity contribution < 1.29 is 23.2 Å². The molecule has 0 aliphatic carbocycles. The highest BCUT2D eigenvalue weighted by Crippen LogP contribution is 2.21. The van der Waals surface area contributed by atoms with E-state index >= 15 is 0 Å². The van der Waals surface area contributed by atoms with Crippen LogP contribution in [0.25, 0.3) is 0 Å². The van der Waals surface area contributed by atoms with E-state index in [2.05, 4.69) is 10.1 Å². The average molecular weight is 302 g/mol. The minimum Gasteiger partial charge on any atom is -0.468 e. The number of hydrogen-bond donors (Lipinski definition) is 1. The van der Waals surface area contributed by atoms with E-state index in [1.165, 1.54) is 7.11 Å². The minimum absolute atomic E-state index is 0.0994. The number of methoxy groups -OCH3 is 1. The zero-order chi connectivity index (χ0) is 16.2. The van der Waals surface area contributed by atoms with Crippen LogP contribution in [0.3, 0.4) is 0 Å². The van der Waals surface area contributed by atoms with E-state index in [-0.39, 0.29) is 18.0 Å². The molecule has 0 spiro atoms. The van der Waals surface area contributed by atoms with Gasteiger partial charge in [0.25, 0.3) is 0 Å². The van der Waals surface area contributed by atoms with E-state index in [0.29, 0.717) is 6.07 Å². The van der Waals surface area contributed by atoms with Gasteiger partial charge in [-0.1, -0.05) is 13.8 Å². The van der Waals surface area contributed by atoms with Crippen molar-refractivity contribution in [3.8, 4) is 0 Å². The first-order valence-electron chi connectivity index (χ1n) is 6.21. The molecule has 0 saturated heterocycles. The second-order valence-electron chi connectivity index (χ2n) is 4.78. The van der Waals surface area contributed by atoms with Gasteiger partial charge in [-0.15, -0.1) is 0 Å². The predicted octanol–water partition coefficient (Wildman–Crippen LogP) is 2.16. The van der Waals surface area contributed by atoms with Gasteiger partial charge >= 0.3 is 11.7 Å². The summed E-state index contributed by atoms with van der Waals surface area (Å²) in [4.78, 5) is 21.2. The maximum atomic E-state index is 13.6. The van der Waals surface area contributed by atoms with Gasteiger partial charge in [0.15, 0.2) is 0 Å². The lowest BCUT2D eigenvalue weighted by Gasteiger charge is -2.20. The van der Waals surface area contributed by atoms with Gasteiger partial charge in [0.1, 0.15) is 11.9 Å². The number of nitrogens with zero attached hydrogens (tertiary/aromatic N) is 1. The number of esters is 1. The summed E-state index contributed by atoms with van der Waals surface area (Å²) in [5.41, 5.74) is -0.912. The standard InChI is InChI=1S/C13H16F2N2O4/c1-7(2)12(13(18)21-3)16-6-8-4-11(17(19)20)10(15)5-9(8)14/h4-5,7,12,16H,6H2,1-3H3. The van der Waals surface area contributed by atoms with Crippen LogP contribution in [-0.2, 0) is 16.1 Å². The third kappa shape index (κ3) is 4.19. The van der Waals surface area contributed by atoms with E-state index in [1.807, 2.05) is 0 Å². The van der Waals surface area contributed by atoms with E-state index in [4.69, 9.17) is 0 Å². The fourth-order valence-corrected chi connectivity index (χ4v) is 1.79. The Morgan fingerprint density at radius 1 is 1.38 bits per heavy atom. The summed E-state index contributed by atoms with van der Waals surface area (Å²) in [6.07, 6.45) is 0. The Morgan fingerprint density at radius 3 is 2.48 bits per heavy atom. The second-order valence-corrected chi connectivity index (χ2v) is 4.78. The molecule has 0 aliphatic rings. The molecule has 1 unspecified atom stereocenters. The molecule has 0 aromatic heterocycles. The smallest absolute Gasteiger partial charge is 0.323 e. The monoisotopic (exact) mass is 302 g/mol. The van der Waals surface area contributed by atoms with E-state index in [1.54, 1.807) is 13.8 Å². The fourth-order valence-electron chi connectivity index (χ4n) is 1.79. The van der Waals surface area contributed by atoms with Crippen molar-refractivity contribution in [2.24, 2.45) is 5.92 Å². The number of halogens is 2. The van der Waals surface area contributed by atoms with E-state index in [0.717, 1.165) is 6.07 Å². The van der Waals surface area contributed by atoms with Crippen molar-refractivity contribution in [3.05, 3.63) is 39.4 Å². The summed E-state index contributed by atoms with van der Waals surface area (Å²) in [6, 6.07) is 0.572. The first-order chi connectivity index (χ1) is 9.77. The van der Waals surface area contributed by atoms with Crippen LogP contribution in [0.15, 0.2) is 12.1 Å². The van der Waals surface area contributed by atoms with Crippen molar-refractivity contribution in [2.75, 3.05) is 7.11 Å². The fraction of sp³-hybridized carbons (Fsp3) is 0.462. The molecule has 1 aromatic carbocycles. The van der Waals surface area contributed by atoms with Crippen molar-refractivity contribution in [1.82, 2.24) is 5.32 Å². The summed E-state index contributed by atoms with van der Waals surface area (Å²) in [6.45, 7) is 3.36. The normalized spacial score (nSPS) is 12.3. The molecule has 0 heterocycles. The molecule has 21 heavy (non-hydrogen) atoms. The molecule has 0 bridgehead atoms. The van der Waals surface area contributed by atoms with Crippen LogP contribution in [0.5, 0.6) is 0 Å². The highest BCUT2D eigenvalue weighted by molar-refractivity contribution is 5.75. The quantitative estimate of drug-likeness (QED) is 0.495. The Balaban J connectivity index is 2.95. The van der Waals surface area contributed by atoms with Crippen LogP contribution in [0.2, 0.25) is 0 Å². The lowest BCUT2D eigenvalue weighted by Crippen LogP contribution is -2.41. The maximum Gasteiger partial charge on any atom is 0.323 e. The molecule has 1 rings (SSSR count). The number of carbonyl (C=O) groups is 1. The van der Waals surface area contributed by atoms with Gasteiger partial charge in [0.05, 0.1) is 12.0 Å². The molecular formula is C13H16F2N2O4. The number of hydrogen-bond acceptors (Lipinski definition) is 5. The molecule has 0 fully saturated rings. The van der Waals surface area contributed by atoms with Gasteiger partial charge in [-0.2, -0.15) is 4.39 Å². The summed E-state index contributed by atoms with van der Waals surface area (Å²) >= 11 is 0. The molecule has 0 aliphatic heterocycles. The topological polar surface area (TPSA) is 81.5 Å². The van der Waals surface area contributed by atoms with Crippen molar-refractivity contribution >= 4 is 11.7 Å². The zero-order valence-corrected chi connectivity index (χ0v) is 11.9. The van der Waals surface area contributed by atoms with Crippen LogP contribution in [0.1, 0.15) is 19.4 Å². The van der Waals surface area contributed by atoms with Gasteiger partial charge in [-0.05, 0) is 5.92 Å². The van der Waals surface area contributed by atoms with Crippen LogP contribution in [0, 0.1) is 27.7 Å². The van der Waals surface area contributed by atoms with E-state index < -0.39 is 34.3 Å². The lowest BCUT2D eigenvalue weighted by molar-refractivity contribution is -0.387. The molecule has 8 heteroatoms. The summed E-state index contributed by atoms with van der Waals surface area (Å²) in [5.74, 6) is -2.81. The summed E-state index contributed by atoms with van der Waals surface area (Å²) in [5, 5.41) is 13.4. The number of benzene rings is 1. The molecule has 1 atom stereocenters. The first kappa shape index (κ1) is 17.0. The van der Waals surface area contributed by atoms with E-state index in [9.17, 15) is 23.7 Å². The molecule has 116 valence electrons. The molecule has 0 radical (unpaired) electrons. The van der Waals surface area contributed by atoms with Crippen molar-refractivity contribution in [3.63, 3.8) is 0 Å². The average Bonchev–Trinajstić information content (AvgIpc) is 2.39. The van der Waals surface area contributed by atoms with Crippen LogP contribution < -0.4 is 5.32 Å². The Kier molecular flexibility index (Phi) is 5.71. The third-order valence-electron chi connectivity index (χ3n) is 2.95. The number of rotatable bonds is 6. The Bertz CT molecular complexity index is 549. The van der Waals surface area contributed by atoms with Crippen molar-refractivity contribution in [1.29, 1.82) is 0 Å². The number of nitro groups is 1. The summed E-state index contributed by atoms with van der Waals surface area (Å²) < 4.78 is 31.4. The second kappa shape index (κ2) is 7.07. The number of ether oxygens (including phenoxy) is 1. The molecule has 6 nitrogen and oxygen atoms in total. The van der Waals surface area contributed by atoms with Gasteiger partial charge in [-0.3, -0.25) is 20.2 Å². The van der Waals surface area contributed by atoms with Crippen LogP contribution in [0.4, 0.5) is 14.5 Å². The largest absolute Gasteiger partial charge is 0.468 e. The van der Waals surface area contributed by atoms with Crippen molar-refractivity contribution in [2.45, 2.75) is 26.4 Å². The molecule has 0 saturated carbocycles. The number of nitro benzene ring substituents is 1.